The van der Waals surface area contributed by atoms with Crippen molar-refractivity contribution in [2.24, 2.45) is 0 Å². The second kappa shape index (κ2) is 7.53. The summed E-state index contributed by atoms with van der Waals surface area (Å²) < 4.78 is 0. The number of carbonyl (C=O) groups is 1. The van der Waals surface area contributed by atoms with Gasteiger partial charge in [0.05, 0.1) is 5.75 Å². The van der Waals surface area contributed by atoms with Gasteiger partial charge in [-0.1, -0.05) is 48.0 Å². The van der Waals surface area contributed by atoms with E-state index in [-0.39, 0.29) is 11.2 Å². The summed E-state index contributed by atoms with van der Waals surface area (Å²) in [6.07, 6.45) is 0. The molecule has 1 amide bonds. The van der Waals surface area contributed by atoms with Crippen LogP contribution in [-0.4, -0.2) is 11.7 Å². The Morgan fingerprint density at radius 2 is 1.90 bits per heavy atom. The third kappa shape index (κ3) is 4.51. The topological polar surface area (TPSA) is 29.1 Å². The number of anilines is 1. The smallest absolute Gasteiger partial charge is 0.234 e. The number of nitrogens with one attached hydrogen (secondary N) is 1. The van der Waals surface area contributed by atoms with E-state index in [1.807, 2.05) is 43.3 Å². The summed E-state index contributed by atoms with van der Waals surface area (Å²) in [6.45, 7) is 4.01. The van der Waals surface area contributed by atoms with Crippen LogP contribution in [0.15, 0.2) is 48.5 Å². The van der Waals surface area contributed by atoms with E-state index in [1.165, 1.54) is 5.56 Å². The zero-order valence-corrected chi connectivity index (χ0v) is 13.7. The van der Waals surface area contributed by atoms with E-state index >= 15 is 0 Å². The van der Waals surface area contributed by atoms with E-state index < -0.39 is 0 Å². The van der Waals surface area contributed by atoms with Crippen molar-refractivity contribution in [3.05, 3.63) is 64.7 Å². The quantitative estimate of drug-likeness (QED) is 0.832. The van der Waals surface area contributed by atoms with Crippen molar-refractivity contribution >= 4 is 35.0 Å². The standard InChI is InChI=1S/C17H18ClNOS/c1-12-15(18)9-6-10-16(12)19-17(20)11-21-13(2)14-7-4-3-5-8-14/h3-10,13H,11H2,1-2H3,(H,19,20)/t13-/m0/s1. The zero-order valence-electron chi connectivity index (χ0n) is 12.1. The van der Waals surface area contributed by atoms with Crippen LogP contribution < -0.4 is 5.32 Å². The summed E-state index contributed by atoms with van der Waals surface area (Å²) >= 11 is 7.67. The van der Waals surface area contributed by atoms with Crippen LogP contribution in [0, 0.1) is 6.92 Å². The fraction of sp³-hybridized carbons (Fsp3) is 0.235. The number of amides is 1. The van der Waals surface area contributed by atoms with Crippen LogP contribution in [0.5, 0.6) is 0 Å². The van der Waals surface area contributed by atoms with Gasteiger partial charge >= 0.3 is 0 Å². The lowest BCUT2D eigenvalue weighted by molar-refractivity contribution is -0.113. The van der Waals surface area contributed by atoms with Crippen molar-refractivity contribution in [1.29, 1.82) is 0 Å². The summed E-state index contributed by atoms with van der Waals surface area (Å²) in [5, 5.41) is 3.87. The minimum Gasteiger partial charge on any atom is -0.325 e. The maximum absolute atomic E-state index is 12.0. The Labute approximate surface area is 134 Å². The third-order valence-corrected chi connectivity index (χ3v) is 4.89. The molecule has 2 rings (SSSR count). The molecule has 0 aliphatic heterocycles. The predicted molar refractivity (Wildman–Crippen MR) is 92.1 cm³/mol. The Bertz CT molecular complexity index is 615. The van der Waals surface area contributed by atoms with Crippen LogP contribution in [-0.2, 0) is 4.79 Å². The molecule has 2 aromatic rings. The predicted octanol–water partition coefficient (Wildman–Crippen LogP) is 5.08. The number of hydrogen-bond donors (Lipinski definition) is 1. The van der Waals surface area contributed by atoms with Gasteiger partial charge in [0.15, 0.2) is 0 Å². The van der Waals surface area contributed by atoms with Gasteiger partial charge in [-0.25, -0.2) is 0 Å². The maximum Gasteiger partial charge on any atom is 0.234 e. The summed E-state index contributed by atoms with van der Waals surface area (Å²) in [4.78, 5) is 12.0. The van der Waals surface area contributed by atoms with Crippen molar-refractivity contribution in [3.63, 3.8) is 0 Å². The molecule has 0 fully saturated rings. The average molecular weight is 320 g/mol. The van der Waals surface area contributed by atoms with Crippen molar-refractivity contribution in [1.82, 2.24) is 0 Å². The lowest BCUT2D eigenvalue weighted by Gasteiger charge is -2.13. The second-order valence-corrected chi connectivity index (χ2v) is 6.56. The molecule has 0 aromatic heterocycles. The Kier molecular flexibility index (Phi) is 5.71. The van der Waals surface area contributed by atoms with Gasteiger partial charge in [-0.05, 0) is 37.1 Å². The van der Waals surface area contributed by atoms with E-state index in [4.69, 9.17) is 11.6 Å². The van der Waals surface area contributed by atoms with Gasteiger partial charge in [0, 0.05) is 16.0 Å². The normalized spacial score (nSPS) is 12.0. The first-order chi connectivity index (χ1) is 10.1. The molecule has 1 N–H and O–H groups in total. The fourth-order valence-corrected chi connectivity index (χ4v) is 2.95. The van der Waals surface area contributed by atoms with Gasteiger partial charge in [-0.2, -0.15) is 0 Å². The molecule has 0 heterocycles. The highest BCUT2D eigenvalue weighted by Crippen LogP contribution is 2.28. The number of halogens is 1. The van der Waals surface area contributed by atoms with Crippen molar-refractivity contribution in [2.75, 3.05) is 11.1 Å². The molecule has 1 atom stereocenters. The van der Waals surface area contributed by atoms with Crippen LogP contribution in [0.3, 0.4) is 0 Å². The molecule has 110 valence electrons. The lowest BCUT2D eigenvalue weighted by Crippen LogP contribution is -2.15. The number of benzene rings is 2. The number of thioether (sulfide) groups is 1. The molecule has 0 spiro atoms. The minimum absolute atomic E-state index is 0.00634. The fourth-order valence-electron chi connectivity index (χ4n) is 1.95. The Hall–Kier alpha value is -1.45. The Morgan fingerprint density at radius 1 is 1.19 bits per heavy atom. The molecule has 21 heavy (non-hydrogen) atoms. The SMILES string of the molecule is Cc1c(Cl)cccc1NC(=O)CS[C@@H](C)c1ccccc1. The van der Waals surface area contributed by atoms with E-state index in [2.05, 4.69) is 24.4 Å². The molecule has 0 saturated carbocycles. The molecule has 0 unspecified atom stereocenters. The van der Waals surface area contributed by atoms with Crippen molar-refractivity contribution < 1.29 is 4.79 Å². The monoisotopic (exact) mass is 319 g/mol. The molecule has 0 saturated heterocycles. The molecule has 0 aliphatic rings. The summed E-state index contributed by atoms with van der Waals surface area (Å²) in [7, 11) is 0. The molecular formula is C17H18ClNOS. The summed E-state index contributed by atoms with van der Waals surface area (Å²) in [5.74, 6) is 0.412. The number of hydrogen-bond acceptors (Lipinski definition) is 2. The number of rotatable bonds is 5. The van der Waals surface area contributed by atoms with Crippen LogP contribution in [0.25, 0.3) is 0 Å². The first kappa shape index (κ1) is 15.9. The molecule has 2 nitrogen and oxygen atoms in total. The van der Waals surface area contributed by atoms with Crippen LogP contribution >= 0.6 is 23.4 Å². The first-order valence-corrected chi connectivity index (χ1v) is 8.22. The Balaban J connectivity index is 1.89. The summed E-state index contributed by atoms with van der Waals surface area (Å²) in [6, 6.07) is 15.7. The highest BCUT2D eigenvalue weighted by atomic mass is 35.5. The van der Waals surface area contributed by atoms with Gasteiger partial charge in [0.25, 0.3) is 0 Å². The maximum atomic E-state index is 12.0. The van der Waals surface area contributed by atoms with Crippen LogP contribution in [0.4, 0.5) is 5.69 Å². The zero-order chi connectivity index (χ0) is 15.2. The van der Waals surface area contributed by atoms with Crippen LogP contribution in [0.2, 0.25) is 5.02 Å². The average Bonchev–Trinajstić information content (AvgIpc) is 2.50. The molecule has 0 aliphatic carbocycles. The van der Waals surface area contributed by atoms with Gasteiger partial charge in [-0.15, -0.1) is 11.8 Å². The Morgan fingerprint density at radius 3 is 2.62 bits per heavy atom. The highest BCUT2D eigenvalue weighted by Gasteiger charge is 2.10. The van der Waals surface area contributed by atoms with Crippen molar-refractivity contribution in [3.8, 4) is 0 Å². The van der Waals surface area contributed by atoms with Gasteiger partial charge in [-0.3, -0.25) is 4.79 Å². The molecular weight excluding hydrogens is 302 g/mol. The third-order valence-electron chi connectivity index (χ3n) is 3.28. The van der Waals surface area contributed by atoms with Crippen LogP contribution in [0.1, 0.15) is 23.3 Å². The highest BCUT2D eigenvalue weighted by molar-refractivity contribution is 8.00. The van der Waals surface area contributed by atoms with Gasteiger partial charge in [0.2, 0.25) is 5.91 Å². The second-order valence-electron chi connectivity index (χ2n) is 4.82. The molecule has 2 aromatic carbocycles. The van der Waals surface area contributed by atoms with Gasteiger partial charge in [0.1, 0.15) is 0 Å². The number of carbonyl (C=O) groups excluding carboxylic acids is 1. The minimum atomic E-state index is -0.00634. The largest absolute Gasteiger partial charge is 0.325 e. The summed E-state index contributed by atoms with van der Waals surface area (Å²) in [5.41, 5.74) is 2.91. The van der Waals surface area contributed by atoms with E-state index in [9.17, 15) is 4.79 Å². The first-order valence-electron chi connectivity index (χ1n) is 6.79. The van der Waals surface area contributed by atoms with E-state index in [0.29, 0.717) is 10.8 Å². The molecule has 4 heteroatoms. The van der Waals surface area contributed by atoms with Crippen molar-refractivity contribution in [2.45, 2.75) is 19.1 Å². The molecule has 0 bridgehead atoms. The lowest BCUT2D eigenvalue weighted by atomic mass is 10.2. The molecule has 0 radical (unpaired) electrons. The van der Waals surface area contributed by atoms with E-state index in [0.717, 1.165) is 11.3 Å². The van der Waals surface area contributed by atoms with Gasteiger partial charge < -0.3 is 5.32 Å². The van der Waals surface area contributed by atoms with E-state index in [1.54, 1.807) is 11.8 Å².